The number of nitrogens with one attached hydrogen (secondary N) is 1. The van der Waals surface area contributed by atoms with E-state index in [2.05, 4.69) is 26.1 Å². The predicted molar refractivity (Wildman–Crippen MR) is 82.5 cm³/mol. The van der Waals surface area contributed by atoms with Gasteiger partial charge in [0, 0.05) is 12.0 Å². The molecule has 0 spiro atoms. The van der Waals surface area contributed by atoms with E-state index in [1.54, 1.807) is 12.1 Å². The number of nitrogens with two attached hydrogens (primary N) is 1. The lowest BCUT2D eigenvalue weighted by Crippen LogP contribution is -2.41. The highest BCUT2D eigenvalue weighted by Gasteiger charge is 2.21. The second kappa shape index (κ2) is 7.06. The van der Waals surface area contributed by atoms with E-state index in [9.17, 15) is 14.4 Å². The minimum Gasteiger partial charge on any atom is -0.480 e. The molecule has 1 aromatic carbocycles. The zero-order valence-electron chi connectivity index (χ0n) is 13.1. The molecule has 0 aliphatic heterocycles. The Morgan fingerprint density at radius 1 is 1.18 bits per heavy atom. The van der Waals surface area contributed by atoms with Crippen LogP contribution in [0.4, 0.5) is 0 Å². The maximum atomic E-state index is 12.1. The Balaban J connectivity index is 2.77. The molecule has 0 aliphatic rings. The summed E-state index contributed by atoms with van der Waals surface area (Å²) in [7, 11) is 0. The van der Waals surface area contributed by atoms with Gasteiger partial charge < -0.3 is 16.2 Å². The number of carboxylic acids is 1. The maximum Gasteiger partial charge on any atom is 0.326 e. The lowest BCUT2D eigenvalue weighted by atomic mass is 9.86. The topological polar surface area (TPSA) is 109 Å². The number of aliphatic carboxylic acids is 1. The molecule has 22 heavy (non-hydrogen) atoms. The summed E-state index contributed by atoms with van der Waals surface area (Å²) in [6, 6.07) is 5.86. The molecule has 6 nitrogen and oxygen atoms in total. The SMILES string of the molecule is CC(C)(C)c1ccc(C(=O)NC(CCC(N)=O)C(=O)O)cc1. The molecule has 4 N–H and O–H groups in total. The maximum absolute atomic E-state index is 12.1. The van der Waals surface area contributed by atoms with E-state index in [4.69, 9.17) is 10.8 Å². The van der Waals surface area contributed by atoms with Crippen LogP contribution < -0.4 is 11.1 Å². The summed E-state index contributed by atoms with van der Waals surface area (Å²) in [5, 5.41) is 11.5. The molecule has 1 rings (SSSR count). The standard InChI is InChI=1S/C16H22N2O4/c1-16(2,3)11-6-4-10(5-7-11)14(20)18-12(15(21)22)8-9-13(17)19/h4-7,12H,8-9H2,1-3H3,(H2,17,19)(H,18,20)(H,21,22). The van der Waals surface area contributed by atoms with Crippen LogP contribution in [0, 0.1) is 0 Å². The van der Waals surface area contributed by atoms with Crippen molar-refractivity contribution >= 4 is 17.8 Å². The fourth-order valence-electron chi connectivity index (χ4n) is 1.91. The van der Waals surface area contributed by atoms with Gasteiger partial charge in [0.1, 0.15) is 6.04 Å². The monoisotopic (exact) mass is 306 g/mol. The second-order valence-corrected chi connectivity index (χ2v) is 6.20. The number of benzene rings is 1. The second-order valence-electron chi connectivity index (χ2n) is 6.20. The zero-order valence-corrected chi connectivity index (χ0v) is 13.1. The minimum absolute atomic E-state index is 0.0277. The number of rotatable bonds is 6. The van der Waals surface area contributed by atoms with Crippen LogP contribution in [0.5, 0.6) is 0 Å². The molecule has 1 atom stereocenters. The van der Waals surface area contributed by atoms with Crippen molar-refractivity contribution in [3.05, 3.63) is 35.4 Å². The molecule has 0 aliphatic carbocycles. The minimum atomic E-state index is -1.19. The lowest BCUT2D eigenvalue weighted by Gasteiger charge is -2.19. The Labute approximate surface area is 129 Å². The van der Waals surface area contributed by atoms with Crippen LogP contribution in [0.3, 0.4) is 0 Å². The first-order valence-electron chi connectivity index (χ1n) is 7.04. The van der Waals surface area contributed by atoms with Gasteiger partial charge in [-0.25, -0.2) is 4.79 Å². The van der Waals surface area contributed by atoms with Crippen LogP contribution >= 0.6 is 0 Å². The zero-order chi connectivity index (χ0) is 16.9. The summed E-state index contributed by atoms with van der Waals surface area (Å²) in [6.07, 6.45) is -0.128. The molecule has 0 heterocycles. The van der Waals surface area contributed by atoms with Gasteiger partial charge in [0.15, 0.2) is 0 Å². The third kappa shape index (κ3) is 5.20. The van der Waals surface area contributed by atoms with Crippen molar-refractivity contribution in [2.45, 2.75) is 45.1 Å². The molecule has 0 bridgehead atoms. The van der Waals surface area contributed by atoms with E-state index in [-0.39, 0.29) is 18.3 Å². The average molecular weight is 306 g/mol. The molecule has 1 unspecified atom stereocenters. The number of hydrogen-bond acceptors (Lipinski definition) is 3. The molecule has 120 valence electrons. The summed E-state index contributed by atoms with van der Waals surface area (Å²) >= 11 is 0. The Bertz CT molecular complexity index is 559. The number of primary amides is 1. The first kappa shape index (κ1) is 17.7. The van der Waals surface area contributed by atoms with Crippen molar-refractivity contribution in [1.82, 2.24) is 5.32 Å². The van der Waals surface area contributed by atoms with Crippen LogP contribution in [-0.2, 0) is 15.0 Å². The van der Waals surface area contributed by atoms with E-state index < -0.39 is 23.8 Å². The van der Waals surface area contributed by atoms with E-state index in [1.807, 2.05) is 12.1 Å². The number of carbonyl (C=O) groups is 3. The largest absolute Gasteiger partial charge is 0.480 e. The Kier molecular flexibility index (Phi) is 5.68. The van der Waals surface area contributed by atoms with E-state index >= 15 is 0 Å². The fourth-order valence-corrected chi connectivity index (χ4v) is 1.91. The average Bonchev–Trinajstić information content (AvgIpc) is 2.41. The van der Waals surface area contributed by atoms with Crippen molar-refractivity contribution in [1.29, 1.82) is 0 Å². The predicted octanol–water partition coefficient (Wildman–Crippen LogP) is 1.43. The molecule has 0 aromatic heterocycles. The van der Waals surface area contributed by atoms with Gasteiger partial charge in [0.2, 0.25) is 5.91 Å². The Morgan fingerprint density at radius 3 is 2.14 bits per heavy atom. The summed E-state index contributed by atoms with van der Waals surface area (Å²) < 4.78 is 0. The number of amides is 2. The Morgan fingerprint density at radius 2 is 1.73 bits per heavy atom. The molecule has 6 heteroatoms. The molecule has 0 saturated heterocycles. The van der Waals surface area contributed by atoms with Gasteiger partial charge in [0.25, 0.3) is 5.91 Å². The van der Waals surface area contributed by atoms with Crippen molar-refractivity contribution in [2.24, 2.45) is 5.73 Å². The molecular weight excluding hydrogens is 284 g/mol. The van der Waals surface area contributed by atoms with Gasteiger partial charge in [-0.15, -0.1) is 0 Å². The highest BCUT2D eigenvalue weighted by atomic mass is 16.4. The van der Waals surface area contributed by atoms with Crippen LogP contribution in [0.25, 0.3) is 0 Å². The first-order chi connectivity index (χ1) is 10.1. The van der Waals surface area contributed by atoms with Gasteiger partial charge in [-0.3, -0.25) is 9.59 Å². The van der Waals surface area contributed by atoms with Gasteiger partial charge in [0.05, 0.1) is 0 Å². The summed E-state index contributed by atoms with van der Waals surface area (Å²) in [5.41, 5.74) is 6.42. The van der Waals surface area contributed by atoms with Gasteiger partial charge >= 0.3 is 5.97 Å². The highest BCUT2D eigenvalue weighted by molar-refractivity contribution is 5.96. The number of carbonyl (C=O) groups excluding carboxylic acids is 2. The van der Waals surface area contributed by atoms with Crippen LogP contribution in [0.2, 0.25) is 0 Å². The van der Waals surface area contributed by atoms with Gasteiger partial charge in [-0.1, -0.05) is 32.9 Å². The van der Waals surface area contributed by atoms with Crippen molar-refractivity contribution < 1.29 is 19.5 Å². The third-order valence-corrected chi connectivity index (χ3v) is 3.30. The Hall–Kier alpha value is -2.37. The molecular formula is C16H22N2O4. The summed E-state index contributed by atoms with van der Waals surface area (Å²) in [4.78, 5) is 33.9. The normalized spacial score (nSPS) is 12.5. The number of carboxylic acid groups (broad SMARTS) is 1. The first-order valence-corrected chi connectivity index (χ1v) is 7.04. The fraction of sp³-hybridized carbons (Fsp3) is 0.438. The number of hydrogen-bond donors (Lipinski definition) is 3. The highest BCUT2D eigenvalue weighted by Crippen LogP contribution is 2.22. The van der Waals surface area contributed by atoms with Crippen molar-refractivity contribution in [3.8, 4) is 0 Å². The van der Waals surface area contributed by atoms with Crippen LogP contribution in [-0.4, -0.2) is 28.9 Å². The quantitative estimate of drug-likeness (QED) is 0.738. The molecule has 0 saturated carbocycles. The summed E-state index contributed by atoms with van der Waals surface area (Å²) in [6.45, 7) is 6.19. The lowest BCUT2D eigenvalue weighted by molar-refractivity contribution is -0.139. The summed E-state index contributed by atoms with van der Waals surface area (Å²) in [5.74, 6) is -2.28. The molecule has 0 radical (unpaired) electrons. The van der Waals surface area contributed by atoms with Gasteiger partial charge in [-0.2, -0.15) is 0 Å². The van der Waals surface area contributed by atoms with E-state index in [0.717, 1.165) is 5.56 Å². The van der Waals surface area contributed by atoms with Gasteiger partial charge in [-0.05, 0) is 29.5 Å². The van der Waals surface area contributed by atoms with E-state index in [0.29, 0.717) is 5.56 Å². The van der Waals surface area contributed by atoms with Crippen LogP contribution in [0.15, 0.2) is 24.3 Å². The van der Waals surface area contributed by atoms with Crippen molar-refractivity contribution in [2.75, 3.05) is 0 Å². The third-order valence-electron chi connectivity index (χ3n) is 3.30. The van der Waals surface area contributed by atoms with Crippen molar-refractivity contribution in [3.63, 3.8) is 0 Å². The molecule has 0 fully saturated rings. The molecule has 1 aromatic rings. The van der Waals surface area contributed by atoms with E-state index in [1.165, 1.54) is 0 Å². The molecule has 2 amide bonds. The smallest absolute Gasteiger partial charge is 0.326 e. The van der Waals surface area contributed by atoms with Crippen LogP contribution in [0.1, 0.15) is 49.5 Å².